The van der Waals surface area contributed by atoms with E-state index >= 15 is 0 Å². The second-order valence-corrected chi connectivity index (χ2v) is 2.62. The number of carbonyl (C=O) groups excluding carboxylic acids is 2. The van der Waals surface area contributed by atoms with Gasteiger partial charge in [0.05, 0.1) is 6.21 Å². The third kappa shape index (κ3) is 3.55. The van der Waals surface area contributed by atoms with Crippen LogP contribution >= 0.6 is 0 Å². The molecule has 78 valence electrons. The fraction of sp³-hybridized carbons (Fsp3) is 0. The van der Waals surface area contributed by atoms with Crippen molar-refractivity contribution >= 4 is 18.0 Å². The Morgan fingerprint density at radius 2 is 2.20 bits per heavy atom. The molecule has 2 amide bonds. The Balaban J connectivity index is 2.59. The van der Waals surface area contributed by atoms with E-state index in [1.54, 1.807) is 6.07 Å². The van der Waals surface area contributed by atoms with E-state index in [4.69, 9.17) is 0 Å². The van der Waals surface area contributed by atoms with Crippen LogP contribution in [0, 0.1) is 5.82 Å². The van der Waals surface area contributed by atoms with Gasteiger partial charge in [-0.1, -0.05) is 12.1 Å². The molecule has 0 aromatic heterocycles. The minimum Gasteiger partial charge on any atom is -0.361 e. The van der Waals surface area contributed by atoms with Crippen molar-refractivity contribution < 1.29 is 14.0 Å². The van der Waals surface area contributed by atoms with Gasteiger partial charge in [0.25, 0.3) is 0 Å². The highest BCUT2D eigenvalue weighted by atomic mass is 19.1. The molecule has 0 atom stereocenters. The van der Waals surface area contributed by atoms with Crippen LogP contribution in [0.25, 0.3) is 0 Å². The summed E-state index contributed by atoms with van der Waals surface area (Å²) in [6, 6.07) is 5.58. The van der Waals surface area contributed by atoms with Crippen LogP contribution < -0.4 is 11.2 Å². The number of nitrogens with zero attached hydrogens (tertiary/aromatic N) is 1. The third-order valence-corrected chi connectivity index (χ3v) is 1.45. The zero-order valence-corrected chi connectivity index (χ0v) is 7.61. The first kappa shape index (κ1) is 10.8. The molecule has 3 N–H and O–H groups in total. The lowest BCUT2D eigenvalue weighted by Gasteiger charge is -1.94. The monoisotopic (exact) mass is 209 g/mol. The normalized spacial score (nSPS) is 10.2. The van der Waals surface area contributed by atoms with Gasteiger partial charge >= 0.3 is 11.8 Å². The molecule has 0 aliphatic carbocycles. The summed E-state index contributed by atoms with van der Waals surface area (Å²) in [5, 5.41) is 3.41. The van der Waals surface area contributed by atoms with E-state index in [1.807, 2.05) is 5.43 Å². The smallest absolute Gasteiger partial charge is 0.329 e. The Labute approximate surface area is 84.8 Å². The van der Waals surface area contributed by atoms with E-state index in [0.717, 1.165) is 0 Å². The summed E-state index contributed by atoms with van der Waals surface area (Å²) in [6.07, 6.45) is 1.20. The van der Waals surface area contributed by atoms with Gasteiger partial charge in [-0.25, -0.2) is 9.82 Å². The van der Waals surface area contributed by atoms with Gasteiger partial charge in [0.15, 0.2) is 0 Å². The van der Waals surface area contributed by atoms with Crippen LogP contribution in [-0.2, 0) is 9.59 Å². The lowest BCUT2D eigenvalue weighted by Crippen LogP contribution is -2.32. The van der Waals surface area contributed by atoms with Gasteiger partial charge in [-0.15, -0.1) is 0 Å². The molecule has 15 heavy (non-hydrogen) atoms. The molecular weight excluding hydrogens is 201 g/mol. The molecule has 1 aromatic rings. The lowest BCUT2D eigenvalue weighted by atomic mass is 10.2. The maximum absolute atomic E-state index is 12.7. The highest BCUT2D eigenvalue weighted by Gasteiger charge is 2.05. The summed E-state index contributed by atoms with van der Waals surface area (Å²) in [4.78, 5) is 20.9. The zero-order chi connectivity index (χ0) is 11.3. The van der Waals surface area contributed by atoms with E-state index in [1.165, 1.54) is 24.4 Å². The highest BCUT2D eigenvalue weighted by molar-refractivity contribution is 6.34. The number of amides is 2. The Morgan fingerprint density at radius 1 is 1.47 bits per heavy atom. The topological polar surface area (TPSA) is 84.5 Å². The maximum Gasteiger partial charge on any atom is 0.329 e. The Hall–Kier alpha value is -2.24. The predicted molar refractivity (Wildman–Crippen MR) is 51.3 cm³/mol. The molecule has 0 saturated carbocycles. The van der Waals surface area contributed by atoms with E-state index in [-0.39, 0.29) is 0 Å². The molecule has 0 spiro atoms. The lowest BCUT2D eigenvalue weighted by molar-refractivity contribution is -0.137. The summed E-state index contributed by atoms with van der Waals surface area (Å²) in [7, 11) is 0. The second kappa shape index (κ2) is 4.85. The van der Waals surface area contributed by atoms with Crippen LogP contribution in [0.2, 0.25) is 0 Å². The first-order chi connectivity index (χ1) is 7.09. The number of hydrogen-bond acceptors (Lipinski definition) is 3. The van der Waals surface area contributed by atoms with Gasteiger partial charge in [0, 0.05) is 0 Å². The molecule has 0 aliphatic heterocycles. The molecular formula is C9H8FN3O2. The van der Waals surface area contributed by atoms with Crippen LogP contribution in [0.15, 0.2) is 29.4 Å². The first-order valence-electron chi connectivity index (χ1n) is 3.98. The van der Waals surface area contributed by atoms with Crippen molar-refractivity contribution in [1.82, 2.24) is 5.43 Å². The number of primary amides is 1. The molecule has 1 aromatic carbocycles. The van der Waals surface area contributed by atoms with Gasteiger partial charge in [-0.2, -0.15) is 5.10 Å². The van der Waals surface area contributed by atoms with Crippen molar-refractivity contribution in [2.24, 2.45) is 10.8 Å². The average Bonchev–Trinajstić information content (AvgIpc) is 2.17. The summed E-state index contributed by atoms with van der Waals surface area (Å²) in [5.41, 5.74) is 7.00. The van der Waals surface area contributed by atoms with Gasteiger partial charge in [-0.05, 0) is 17.7 Å². The number of nitrogens with one attached hydrogen (secondary N) is 1. The molecule has 0 fully saturated rings. The summed E-state index contributed by atoms with van der Waals surface area (Å²) >= 11 is 0. The molecule has 0 bridgehead atoms. The Kier molecular flexibility index (Phi) is 3.50. The molecule has 0 radical (unpaired) electrons. The standard InChI is InChI=1S/C9H8FN3O2/c10-7-3-1-2-6(4-7)5-12-13-9(15)8(11)14/h1-5H,(H2,11,14)(H,13,15)/b12-5+. The third-order valence-electron chi connectivity index (χ3n) is 1.45. The number of benzene rings is 1. The molecule has 0 unspecified atom stereocenters. The van der Waals surface area contributed by atoms with Gasteiger partial charge in [0.2, 0.25) is 0 Å². The number of carbonyl (C=O) groups is 2. The number of rotatable bonds is 2. The number of halogens is 1. The fourth-order valence-electron chi connectivity index (χ4n) is 0.807. The van der Waals surface area contributed by atoms with Crippen molar-refractivity contribution in [3.63, 3.8) is 0 Å². The van der Waals surface area contributed by atoms with Crippen molar-refractivity contribution in [2.75, 3.05) is 0 Å². The molecule has 0 saturated heterocycles. The quantitative estimate of drug-likeness (QED) is 0.400. The van der Waals surface area contributed by atoms with E-state index in [9.17, 15) is 14.0 Å². The van der Waals surface area contributed by atoms with E-state index in [2.05, 4.69) is 10.8 Å². The SMILES string of the molecule is NC(=O)C(=O)N/N=C/c1cccc(F)c1. The zero-order valence-electron chi connectivity index (χ0n) is 7.61. The Morgan fingerprint density at radius 3 is 2.80 bits per heavy atom. The summed E-state index contributed by atoms with van der Waals surface area (Å²) in [6.45, 7) is 0. The molecule has 1 rings (SSSR count). The molecule has 0 aliphatic rings. The highest BCUT2D eigenvalue weighted by Crippen LogP contribution is 1.99. The largest absolute Gasteiger partial charge is 0.361 e. The van der Waals surface area contributed by atoms with Crippen molar-refractivity contribution in [1.29, 1.82) is 0 Å². The molecule has 6 heteroatoms. The molecule has 5 nitrogen and oxygen atoms in total. The second-order valence-electron chi connectivity index (χ2n) is 2.62. The number of hydrazone groups is 1. The predicted octanol–water partition coefficient (Wildman–Crippen LogP) is -0.239. The van der Waals surface area contributed by atoms with Crippen LogP contribution in [0.3, 0.4) is 0 Å². The van der Waals surface area contributed by atoms with Gasteiger partial charge < -0.3 is 5.73 Å². The van der Waals surface area contributed by atoms with Crippen molar-refractivity contribution in [2.45, 2.75) is 0 Å². The minimum atomic E-state index is -1.13. The number of hydrogen-bond donors (Lipinski definition) is 2. The van der Waals surface area contributed by atoms with E-state index in [0.29, 0.717) is 5.56 Å². The van der Waals surface area contributed by atoms with Crippen molar-refractivity contribution in [3.05, 3.63) is 35.6 Å². The average molecular weight is 209 g/mol. The summed E-state index contributed by atoms with van der Waals surface area (Å²) in [5.74, 6) is -2.57. The Bertz CT molecular complexity index is 418. The van der Waals surface area contributed by atoms with Crippen LogP contribution in [0.5, 0.6) is 0 Å². The van der Waals surface area contributed by atoms with E-state index < -0.39 is 17.6 Å². The van der Waals surface area contributed by atoms with Crippen LogP contribution in [-0.4, -0.2) is 18.0 Å². The van der Waals surface area contributed by atoms with Gasteiger partial charge in [-0.3, -0.25) is 9.59 Å². The fourth-order valence-corrected chi connectivity index (χ4v) is 0.807. The number of nitrogens with two attached hydrogens (primary N) is 1. The summed E-state index contributed by atoms with van der Waals surface area (Å²) < 4.78 is 12.7. The first-order valence-corrected chi connectivity index (χ1v) is 3.98. The minimum absolute atomic E-state index is 0.417. The van der Waals surface area contributed by atoms with Crippen LogP contribution in [0.4, 0.5) is 4.39 Å². The van der Waals surface area contributed by atoms with Gasteiger partial charge in [0.1, 0.15) is 5.82 Å². The van der Waals surface area contributed by atoms with Crippen molar-refractivity contribution in [3.8, 4) is 0 Å². The van der Waals surface area contributed by atoms with Crippen LogP contribution in [0.1, 0.15) is 5.56 Å². The maximum atomic E-state index is 12.7. The molecule has 0 heterocycles.